The molecule has 9 heteroatoms. The molecule has 1 aromatic heterocycles. The number of hydrogen-bond acceptors (Lipinski definition) is 6. The molecule has 1 aliphatic heterocycles. The molecule has 0 saturated carbocycles. The van der Waals surface area contributed by atoms with E-state index in [1.54, 1.807) is 14.1 Å². The van der Waals surface area contributed by atoms with Crippen LogP contribution in [0.25, 0.3) is 0 Å². The summed E-state index contributed by atoms with van der Waals surface area (Å²) in [7, 11) is 3.33. The summed E-state index contributed by atoms with van der Waals surface area (Å²) in [6.07, 6.45) is 1.95. The van der Waals surface area contributed by atoms with E-state index in [0.717, 1.165) is 0 Å². The summed E-state index contributed by atoms with van der Waals surface area (Å²) >= 11 is 6.14. The number of hydrogen-bond donors (Lipinski definition) is 1. The van der Waals surface area contributed by atoms with Crippen LogP contribution in [0, 0.1) is 5.92 Å². The van der Waals surface area contributed by atoms with Crippen molar-refractivity contribution in [3.63, 3.8) is 0 Å². The average molecular weight is 384 g/mol. The average Bonchev–Trinajstić information content (AvgIpc) is 2.61. The fourth-order valence-electron chi connectivity index (χ4n) is 2.66. The standard InChI is InChI=1S/C17H26ClN5O3/c1-11(2)9-13(16(25)22(3)4)20-15(24)14-12(18)10-19-17(21-14)23-5-7-26-8-6-23/h10-11,13H,5-9H2,1-4H3,(H,20,24)/t13-/m1/s1. The summed E-state index contributed by atoms with van der Waals surface area (Å²) in [4.78, 5) is 37.0. The summed E-state index contributed by atoms with van der Waals surface area (Å²) < 4.78 is 5.32. The van der Waals surface area contributed by atoms with Gasteiger partial charge in [-0.2, -0.15) is 0 Å². The fraction of sp³-hybridized carbons (Fsp3) is 0.647. The second-order valence-corrected chi connectivity index (χ2v) is 7.26. The second-order valence-electron chi connectivity index (χ2n) is 6.85. The van der Waals surface area contributed by atoms with Gasteiger partial charge in [-0.05, 0) is 12.3 Å². The third kappa shape index (κ3) is 5.28. The number of likely N-dealkylation sites (N-methyl/N-ethyl adjacent to an activating group) is 1. The molecule has 0 spiro atoms. The summed E-state index contributed by atoms with van der Waals surface area (Å²) in [5.41, 5.74) is 0.0727. The Kier molecular flexibility index (Phi) is 7.16. The number of carbonyl (C=O) groups is 2. The van der Waals surface area contributed by atoms with E-state index < -0.39 is 11.9 Å². The zero-order valence-electron chi connectivity index (χ0n) is 15.7. The van der Waals surface area contributed by atoms with Gasteiger partial charge in [-0.25, -0.2) is 9.97 Å². The largest absolute Gasteiger partial charge is 0.378 e. The second kappa shape index (κ2) is 9.14. The molecule has 1 aliphatic rings. The molecule has 144 valence electrons. The predicted octanol–water partition coefficient (Wildman–Crippen LogP) is 1.20. The summed E-state index contributed by atoms with van der Waals surface area (Å²) in [6.45, 7) is 6.46. The first-order valence-corrected chi connectivity index (χ1v) is 9.04. The highest BCUT2D eigenvalue weighted by Gasteiger charge is 2.26. The first-order valence-electron chi connectivity index (χ1n) is 8.66. The maximum atomic E-state index is 12.7. The maximum Gasteiger partial charge on any atom is 0.272 e. The third-order valence-electron chi connectivity index (χ3n) is 3.99. The molecule has 26 heavy (non-hydrogen) atoms. The zero-order valence-corrected chi connectivity index (χ0v) is 16.4. The van der Waals surface area contributed by atoms with Gasteiger partial charge in [0.2, 0.25) is 11.9 Å². The molecular formula is C17H26ClN5O3. The molecule has 0 radical (unpaired) electrons. The van der Waals surface area contributed by atoms with Gasteiger partial charge in [0.15, 0.2) is 5.69 Å². The summed E-state index contributed by atoms with van der Waals surface area (Å²) in [6, 6.07) is -0.629. The van der Waals surface area contributed by atoms with Crippen molar-refractivity contribution in [1.29, 1.82) is 0 Å². The molecule has 0 bridgehead atoms. The van der Waals surface area contributed by atoms with Gasteiger partial charge >= 0.3 is 0 Å². The zero-order chi connectivity index (χ0) is 19.3. The Morgan fingerprint density at radius 3 is 2.58 bits per heavy atom. The number of carbonyl (C=O) groups excluding carboxylic acids is 2. The Bertz CT molecular complexity index is 647. The van der Waals surface area contributed by atoms with Crippen LogP contribution in [0.1, 0.15) is 30.8 Å². The number of nitrogens with zero attached hydrogens (tertiary/aromatic N) is 4. The number of morpholine rings is 1. The van der Waals surface area contributed by atoms with E-state index in [9.17, 15) is 9.59 Å². The first kappa shape index (κ1) is 20.4. The van der Waals surface area contributed by atoms with Crippen molar-refractivity contribution in [2.75, 3.05) is 45.3 Å². The fourth-order valence-corrected chi connectivity index (χ4v) is 2.84. The third-order valence-corrected chi connectivity index (χ3v) is 4.27. The van der Waals surface area contributed by atoms with E-state index in [1.165, 1.54) is 11.1 Å². The smallest absolute Gasteiger partial charge is 0.272 e. The molecule has 2 heterocycles. The number of halogens is 1. The van der Waals surface area contributed by atoms with Crippen LogP contribution in [0.3, 0.4) is 0 Å². The Morgan fingerprint density at radius 1 is 1.35 bits per heavy atom. The molecule has 0 unspecified atom stereocenters. The van der Waals surface area contributed by atoms with Crippen LogP contribution in [-0.2, 0) is 9.53 Å². The van der Waals surface area contributed by atoms with Crippen LogP contribution in [-0.4, -0.2) is 73.1 Å². The molecule has 8 nitrogen and oxygen atoms in total. The van der Waals surface area contributed by atoms with E-state index in [4.69, 9.17) is 16.3 Å². The molecule has 2 rings (SSSR count). The lowest BCUT2D eigenvalue weighted by atomic mass is 10.0. The molecule has 1 aromatic rings. The summed E-state index contributed by atoms with van der Waals surface area (Å²) in [5.74, 6) is 0.0366. The van der Waals surface area contributed by atoms with Gasteiger partial charge in [0, 0.05) is 27.2 Å². The summed E-state index contributed by atoms with van der Waals surface area (Å²) in [5, 5.41) is 2.92. The van der Waals surface area contributed by atoms with Crippen molar-refractivity contribution >= 4 is 29.4 Å². The number of amides is 2. The van der Waals surface area contributed by atoms with Crippen LogP contribution in [0.5, 0.6) is 0 Å². The van der Waals surface area contributed by atoms with Crippen LogP contribution in [0.4, 0.5) is 5.95 Å². The highest BCUT2D eigenvalue weighted by Crippen LogP contribution is 2.18. The Balaban J connectivity index is 2.19. The van der Waals surface area contributed by atoms with E-state index in [0.29, 0.717) is 38.7 Å². The van der Waals surface area contributed by atoms with Gasteiger partial charge in [-0.3, -0.25) is 9.59 Å². The highest BCUT2D eigenvalue weighted by molar-refractivity contribution is 6.33. The monoisotopic (exact) mass is 383 g/mol. The van der Waals surface area contributed by atoms with E-state index >= 15 is 0 Å². The lowest BCUT2D eigenvalue weighted by molar-refractivity contribution is -0.131. The van der Waals surface area contributed by atoms with Gasteiger partial charge in [0.25, 0.3) is 5.91 Å². The Hall–Kier alpha value is -1.93. The predicted molar refractivity (Wildman–Crippen MR) is 99.5 cm³/mol. The van der Waals surface area contributed by atoms with Crippen LogP contribution in [0.2, 0.25) is 5.02 Å². The number of ether oxygens (including phenoxy) is 1. The SMILES string of the molecule is CC(C)C[C@@H](NC(=O)c1nc(N2CCOCC2)ncc1Cl)C(=O)N(C)C. The van der Waals surface area contributed by atoms with Gasteiger partial charge in [0.1, 0.15) is 6.04 Å². The molecule has 1 saturated heterocycles. The molecule has 1 atom stereocenters. The van der Waals surface area contributed by atoms with Gasteiger partial charge in [-0.1, -0.05) is 25.4 Å². The quantitative estimate of drug-likeness (QED) is 0.794. The van der Waals surface area contributed by atoms with Crippen molar-refractivity contribution in [3.8, 4) is 0 Å². The van der Waals surface area contributed by atoms with Gasteiger partial charge in [0.05, 0.1) is 24.4 Å². The van der Waals surface area contributed by atoms with Crippen molar-refractivity contribution in [2.45, 2.75) is 26.3 Å². The molecule has 1 fully saturated rings. The van der Waals surface area contributed by atoms with Gasteiger partial charge < -0.3 is 19.9 Å². The van der Waals surface area contributed by atoms with Crippen molar-refractivity contribution in [2.24, 2.45) is 5.92 Å². The normalized spacial score (nSPS) is 15.7. The Labute approximate surface area is 158 Å². The number of nitrogens with one attached hydrogen (secondary N) is 1. The van der Waals surface area contributed by atoms with Crippen molar-refractivity contribution < 1.29 is 14.3 Å². The van der Waals surface area contributed by atoms with E-state index in [1.807, 2.05) is 18.7 Å². The number of anilines is 1. The first-order chi connectivity index (χ1) is 12.3. The van der Waals surface area contributed by atoms with E-state index in [-0.39, 0.29) is 22.5 Å². The van der Waals surface area contributed by atoms with Gasteiger partial charge in [-0.15, -0.1) is 0 Å². The maximum absolute atomic E-state index is 12.7. The lowest BCUT2D eigenvalue weighted by Crippen LogP contribution is -2.47. The minimum atomic E-state index is -0.629. The minimum Gasteiger partial charge on any atom is -0.378 e. The number of aromatic nitrogens is 2. The molecule has 0 aromatic carbocycles. The van der Waals surface area contributed by atoms with E-state index in [2.05, 4.69) is 15.3 Å². The van der Waals surface area contributed by atoms with Crippen molar-refractivity contribution in [3.05, 3.63) is 16.9 Å². The Morgan fingerprint density at radius 2 is 2.00 bits per heavy atom. The number of rotatable bonds is 6. The lowest BCUT2D eigenvalue weighted by Gasteiger charge is -2.27. The topological polar surface area (TPSA) is 87.7 Å². The van der Waals surface area contributed by atoms with Crippen LogP contribution < -0.4 is 10.2 Å². The van der Waals surface area contributed by atoms with Crippen molar-refractivity contribution in [1.82, 2.24) is 20.2 Å². The van der Waals surface area contributed by atoms with Crippen LogP contribution in [0.15, 0.2) is 6.20 Å². The molecular weight excluding hydrogens is 358 g/mol. The minimum absolute atomic E-state index is 0.0727. The molecule has 1 N–H and O–H groups in total. The highest BCUT2D eigenvalue weighted by atomic mass is 35.5. The molecule has 2 amide bonds. The van der Waals surface area contributed by atoms with Crippen LogP contribution >= 0.6 is 11.6 Å². The molecule has 0 aliphatic carbocycles.